The third-order valence-corrected chi connectivity index (χ3v) is 2.89. The number of aromatic carboxylic acids is 1. The quantitative estimate of drug-likeness (QED) is 0.648. The summed E-state index contributed by atoms with van der Waals surface area (Å²) < 4.78 is 13.3. The number of carboxylic acid groups (broad SMARTS) is 1. The number of carbonyl (C=O) groups is 1. The third kappa shape index (κ3) is 1.48. The number of halogens is 1. The van der Waals surface area contributed by atoms with Crippen molar-refractivity contribution in [1.29, 1.82) is 0 Å². The largest absolute Gasteiger partial charge is 0.477 e. The van der Waals surface area contributed by atoms with E-state index in [0.29, 0.717) is 16.5 Å². The van der Waals surface area contributed by atoms with Gasteiger partial charge in [0.15, 0.2) is 0 Å². The van der Waals surface area contributed by atoms with Gasteiger partial charge >= 0.3 is 5.97 Å². The van der Waals surface area contributed by atoms with Crippen LogP contribution in [0.4, 0.5) is 4.39 Å². The summed E-state index contributed by atoms with van der Waals surface area (Å²) in [7, 11) is 0. The molecule has 0 aliphatic carbocycles. The van der Waals surface area contributed by atoms with E-state index in [1.54, 1.807) is 24.5 Å². The van der Waals surface area contributed by atoms with Crippen LogP contribution in [-0.2, 0) is 0 Å². The molecule has 3 N–H and O–H groups in total. The van der Waals surface area contributed by atoms with E-state index in [-0.39, 0.29) is 11.5 Å². The minimum Gasteiger partial charge on any atom is -0.477 e. The van der Waals surface area contributed by atoms with Crippen LogP contribution in [0.3, 0.4) is 0 Å². The summed E-state index contributed by atoms with van der Waals surface area (Å²) in [6.07, 6.45) is 3.23. The molecule has 2 heterocycles. The molecule has 3 rings (SSSR count). The number of aromatic nitrogens is 2. The molecule has 3 aromatic rings. The molecule has 0 aliphatic heterocycles. The Morgan fingerprint density at radius 3 is 2.78 bits per heavy atom. The van der Waals surface area contributed by atoms with Gasteiger partial charge in [-0.15, -0.1) is 0 Å². The summed E-state index contributed by atoms with van der Waals surface area (Å²) >= 11 is 0. The van der Waals surface area contributed by atoms with Crippen molar-refractivity contribution in [3.63, 3.8) is 0 Å². The van der Waals surface area contributed by atoms with Crippen molar-refractivity contribution in [3.05, 3.63) is 48.2 Å². The monoisotopic (exact) mass is 244 g/mol. The summed E-state index contributed by atoms with van der Waals surface area (Å²) in [6.45, 7) is 0. The average molecular weight is 244 g/mol. The van der Waals surface area contributed by atoms with Gasteiger partial charge in [0.2, 0.25) is 0 Å². The highest BCUT2D eigenvalue weighted by atomic mass is 19.1. The van der Waals surface area contributed by atoms with Crippen LogP contribution in [0.15, 0.2) is 36.7 Å². The van der Waals surface area contributed by atoms with Gasteiger partial charge in [0.05, 0.1) is 0 Å². The van der Waals surface area contributed by atoms with E-state index in [2.05, 4.69) is 9.97 Å². The Hall–Kier alpha value is -2.56. The predicted molar refractivity (Wildman–Crippen MR) is 65.0 cm³/mol. The highest BCUT2D eigenvalue weighted by Crippen LogP contribution is 2.31. The second-order valence-corrected chi connectivity index (χ2v) is 3.96. The molecule has 0 radical (unpaired) electrons. The Morgan fingerprint density at radius 1 is 1.17 bits per heavy atom. The van der Waals surface area contributed by atoms with Crippen molar-refractivity contribution in [2.45, 2.75) is 0 Å². The lowest BCUT2D eigenvalue weighted by Crippen LogP contribution is -1.98. The molecular weight excluding hydrogens is 235 g/mol. The molecule has 0 aliphatic rings. The van der Waals surface area contributed by atoms with E-state index in [4.69, 9.17) is 5.11 Å². The van der Waals surface area contributed by atoms with E-state index in [0.717, 1.165) is 5.52 Å². The molecule has 1 aromatic carbocycles. The normalized spacial score (nSPS) is 10.9. The fourth-order valence-corrected chi connectivity index (χ4v) is 2.09. The number of rotatable bonds is 2. The zero-order valence-electron chi connectivity index (χ0n) is 9.20. The van der Waals surface area contributed by atoms with E-state index in [1.165, 1.54) is 12.1 Å². The van der Waals surface area contributed by atoms with Gasteiger partial charge in [-0.25, -0.2) is 9.18 Å². The maximum atomic E-state index is 13.3. The second kappa shape index (κ2) is 3.73. The minimum atomic E-state index is -1.04. The van der Waals surface area contributed by atoms with Crippen LogP contribution < -0.4 is 0 Å². The van der Waals surface area contributed by atoms with Gasteiger partial charge in [0, 0.05) is 34.4 Å². The van der Waals surface area contributed by atoms with E-state index >= 15 is 0 Å². The number of aromatic amines is 2. The van der Waals surface area contributed by atoms with Gasteiger partial charge in [-0.1, -0.05) is 0 Å². The van der Waals surface area contributed by atoms with E-state index < -0.39 is 5.97 Å². The lowest BCUT2D eigenvalue weighted by atomic mass is 10.1. The van der Waals surface area contributed by atoms with Crippen LogP contribution in [-0.4, -0.2) is 21.0 Å². The lowest BCUT2D eigenvalue weighted by molar-refractivity contribution is 0.0692. The number of hydrogen-bond donors (Lipinski definition) is 3. The van der Waals surface area contributed by atoms with E-state index in [9.17, 15) is 9.18 Å². The molecule has 0 saturated heterocycles. The summed E-state index contributed by atoms with van der Waals surface area (Å²) in [5, 5.41) is 9.73. The van der Waals surface area contributed by atoms with Crippen molar-refractivity contribution in [1.82, 2.24) is 9.97 Å². The first-order valence-electron chi connectivity index (χ1n) is 5.34. The fraction of sp³-hybridized carbons (Fsp3) is 0. The molecule has 0 atom stereocenters. The molecule has 2 aromatic heterocycles. The molecule has 0 bridgehead atoms. The van der Waals surface area contributed by atoms with Crippen molar-refractivity contribution >= 4 is 16.9 Å². The summed E-state index contributed by atoms with van der Waals surface area (Å²) in [5.41, 5.74) is 2.08. The minimum absolute atomic E-state index is 0.0974. The molecule has 0 amide bonds. The van der Waals surface area contributed by atoms with Gasteiger partial charge in [0.25, 0.3) is 0 Å². The van der Waals surface area contributed by atoms with Gasteiger partial charge in [-0.3, -0.25) is 0 Å². The summed E-state index contributed by atoms with van der Waals surface area (Å²) in [6, 6.07) is 6.04. The first kappa shape index (κ1) is 10.6. The Labute approximate surface area is 101 Å². The highest BCUT2D eigenvalue weighted by molar-refractivity contribution is 6.02. The average Bonchev–Trinajstić information content (AvgIpc) is 2.92. The van der Waals surface area contributed by atoms with Gasteiger partial charge in [-0.05, 0) is 24.3 Å². The zero-order valence-corrected chi connectivity index (χ0v) is 9.20. The Morgan fingerprint density at radius 2 is 2.00 bits per heavy atom. The van der Waals surface area contributed by atoms with Gasteiger partial charge in [-0.2, -0.15) is 0 Å². The zero-order chi connectivity index (χ0) is 12.7. The third-order valence-electron chi connectivity index (χ3n) is 2.89. The molecule has 4 nitrogen and oxygen atoms in total. The van der Waals surface area contributed by atoms with E-state index in [1.807, 2.05) is 0 Å². The van der Waals surface area contributed by atoms with Crippen molar-refractivity contribution in [2.75, 3.05) is 0 Å². The first-order chi connectivity index (χ1) is 8.66. The Kier molecular flexibility index (Phi) is 2.19. The number of hydrogen-bond acceptors (Lipinski definition) is 1. The van der Waals surface area contributed by atoms with Gasteiger partial charge in [0.1, 0.15) is 11.5 Å². The van der Waals surface area contributed by atoms with Crippen LogP contribution in [0, 0.1) is 5.82 Å². The lowest BCUT2D eigenvalue weighted by Gasteiger charge is -1.99. The van der Waals surface area contributed by atoms with Crippen LogP contribution in [0.5, 0.6) is 0 Å². The topological polar surface area (TPSA) is 68.9 Å². The van der Waals surface area contributed by atoms with Crippen LogP contribution >= 0.6 is 0 Å². The predicted octanol–water partition coefficient (Wildman–Crippen LogP) is 3.00. The maximum Gasteiger partial charge on any atom is 0.352 e. The molecular formula is C13H9FN2O2. The van der Waals surface area contributed by atoms with Crippen LogP contribution in [0.2, 0.25) is 0 Å². The maximum absolute atomic E-state index is 13.3. The molecule has 0 unspecified atom stereocenters. The Bertz CT molecular complexity index is 742. The SMILES string of the molecule is O=C(O)c1[nH]ccc1-c1c[nH]c2ccc(F)cc12. The number of nitrogens with one attached hydrogen (secondary N) is 2. The summed E-state index contributed by atoms with van der Waals surface area (Å²) in [4.78, 5) is 16.7. The molecule has 0 saturated carbocycles. The second-order valence-electron chi connectivity index (χ2n) is 3.96. The molecule has 0 fully saturated rings. The Balaban J connectivity index is 2.28. The molecule has 18 heavy (non-hydrogen) atoms. The number of H-pyrrole nitrogens is 2. The standard InChI is InChI=1S/C13H9FN2O2/c14-7-1-2-11-9(5-7)10(6-16-11)8-3-4-15-12(8)13(17)18/h1-6,15-16H,(H,17,18). The highest BCUT2D eigenvalue weighted by Gasteiger charge is 2.16. The van der Waals surface area contributed by atoms with Gasteiger partial charge < -0.3 is 15.1 Å². The number of carboxylic acids is 1. The van der Waals surface area contributed by atoms with Crippen molar-refractivity contribution < 1.29 is 14.3 Å². The number of benzene rings is 1. The first-order valence-corrected chi connectivity index (χ1v) is 5.34. The summed E-state index contributed by atoms with van der Waals surface area (Å²) in [5.74, 6) is -1.39. The molecule has 5 heteroatoms. The van der Waals surface area contributed by atoms with Crippen LogP contribution in [0.25, 0.3) is 22.0 Å². The molecule has 90 valence electrons. The van der Waals surface area contributed by atoms with Crippen LogP contribution in [0.1, 0.15) is 10.5 Å². The number of fused-ring (bicyclic) bond motifs is 1. The van der Waals surface area contributed by atoms with Crippen molar-refractivity contribution in [3.8, 4) is 11.1 Å². The molecule has 0 spiro atoms. The van der Waals surface area contributed by atoms with Crippen molar-refractivity contribution in [2.24, 2.45) is 0 Å². The fourth-order valence-electron chi connectivity index (χ4n) is 2.09. The smallest absolute Gasteiger partial charge is 0.352 e.